The van der Waals surface area contributed by atoms with Crippen LogP contribution in [0.5, 0.6) is 0 Å². The molecule has 2 saturated heterocycles. The molecule has 2 aliphatic rings. The maximum Gasteiger partial charge on any atom is 0.254 e. The minimum absolute atomic E-state index is 0.111. The van der Waals surface area contributed by atoms with Crippen LogP contribution in [0, 0.1) is 5.92 Å². The fourth-order valence-corrected chi connectivity index (χ4v) is 5.04. The maximum atomic E-state index is 13.6. The molecule has 0 unspecified atom stereocenters. The minimum atomic E-state index is 0.111. The van der Waals surface area contributed by atoms with E-state index in [9.17, 15) is 4.79 Å². The zero-order valence-electron chi connectivity index (χ0n) is 17.8. The predicted molar refractivity (Wildman–Crippen MR) is 127 cm³/mol. The number of rotatable bonds is 3. The first kappa shape index (κ1) is 19.0. The summed E-state index contributed by atoms with van der Waals surface area (Å²) in [6, 6.07) is 26.3. The van der Waals surface area contributed by atoms with E-state index in [0.29, 0.717) is 12.0 Å². The van der Waals surface area contributed by atoms with Crippen molar-refractivity contribution < 1.29 is 4.79 Å². The Morgan fingerprint density at radius 3 is 2.47 bits per heavy atom. The van der Waals surface area contributed by atoms with Crippen molar-refractivity contribution in [3.05, 3.63) is 90.6 Å². The van der Waals surface area contributed by atoms with Gasteiger partial charge in [0.05, 0.1) is 23.3 Å². The molecule has 4 aromatic rings. The van der Waals surface area contributed by atoms with Gasteiger partial charge >= 0.3 is 0 Å². The van der Waals surface area contributed by atoms with E-state index in [0.717, 1.165) is 59.6 Å². The Bertz CT molecular complexity index is 1290. The van der Waals surface area contributed by atoms with Crippen LogP contribution in [0.3, 0.4) is 0 Å². The van der Waals surface area contributed by atoms with Crippen LogP contribution in [0.1, 0.15) is 16.8 Å². The average Bonchev–Trinajstić information content (AvgIpc) is 2.85. The van der Waals surface area contributed by atoms with Crippen LogP contribution in [0.25, 0.3) is 22.2 Å². The van der Waals surface area contributed by atoms with Crippen molar-refractivity contribution in [2.75, 3.05) is 24.5 Å². The topological polar surface area (TPSA) is 49.3 Å². The van der Waals surface area contributed by atoms with Crippen molar-refractivity contribution in [1.82, 2.24) is 14.9 Å². The monoisotopic (exact) mass is 420 g/mol. The summed E-state index contributed by atoms with van der Waals surface area (Å²) in [5, 5.41) is 0. The Hall–Kier alpha value is -3.73. The lowest BCUT2D eigenvalue weighted by atomic mass is 9.82. The van der Waals surface area contributed by atoms with E-state index in [4.69, 9.17) is 4.98 Å². The summed E-state index contributed by atoms with van der Waals surface area (Å²) in [6.07, 6.45) is 2.89. The standard InChI is InChI=1S/C27H24N4O/c32-27(22-11-5-4-10-21(22)19-8-2-1-3-9-19)30-15-14-20-17-31(25(20)18-30)26-16-28-23-12-6-7-13-24(23)29-26/h1-13,16,20,25H,14-15,17-18H2/t20-,25-/m1/s1. The highest BCUT2D eigenvalue weighted by Gasteiger charge is 2.44. The number of likely N-dealkylation sites (tertiary alicyclic amines) is 1. The molecular formula is C27H24N4O. The first-order chi connectivity index (χ1) is 15.8. The van der Waals surface area contributed by atoms with E-state index in [-0.39, 0.29) is 5.91 Å². The van der Waals surface area contributed by atoms with Gasteiger partial charge in [-0.05, 0) is 35.7 Å². The Labute approximate surface area is 187 Å². The number of anilines is 1. The number of hydrogen-bond donors (Lipinski definition) is 0. The second-order valence-electron chi connectivity index (χ2n) is 8.65. The van der Waals surface area contributed by atoms with Gasteiger partial charge in [-0.2, -0.15) is 0 Å². The number of carbonyl (C=O) groups is 1. The van der Waals surface area contributed by atoms with Gasteiger partial charge in [-0.1, -0.05) is 60.7 Å². The number of nitrogens with zero attached hydrogens (tertiary/aromatic N) is 4. The summed E-state index contributed by atoms with van der Waals surface area (Å²) in [5.74, 6) is 1.62. The quantitative estimate of drug-likeness (QED) is 0.484. The van der Waals surface area contributed by atoms with Gasteiger partial charge in [0.25, 0.3) is 5.91 Å². The predicted octanol–water partition coefficient (Wildman–Crippen LogP) is 4.65. The summed E-state index contributed by atoms with van der Waals surface area (Å²) in [4.78, 5) is 27.3. The molecule has 158 valence electrons. The van der Waals surface area contributed by atoms with Crippen molar-refractivity contribution in [3.63, 3.8) is 0 Å². The Morgan fingerprint density at radius 1 is 0.844 bits per heavy atom. The van der Waals surface area contributed by atoms with Crippen LogP contribution >= 0.6 is 0 Å². The van der Waals surface area contributed by atoms with Crippen molar-refractivity contribution in [3.8, 4) is 11.1 Å². The molecule has 1 aromatic heterocycles. The van der Waals surface area contributed by atoms with Crippen LogP contribution in [0.15, 0.2) is 85.1 Å². The fraction of sp³-hybridized carbons (Fsp3) is 0.222. The molecule has 0 radical (unpaired) electrons. The Kier molecular flexibility index (Phi) is 4.60. The molecule has 0 spiro atoms. The lowest BCUT2D eigenvalue weighted by Gasteiger charge is -2.54. The number of amides is 1. The van der Waals surface area contributed by atoms with Gasteiger partial charge in [-0.25, -0.2) is 4.98 Å². The van der Waals surface area contributed by atoms with E-state index in [1.165, 1.54) is 0 Å². The fourth-order valence-electron chi connectivity index (χ4n) is 5.04. The third-order valence-electron chi connectivity index (χ3n) is 6.81. The molecule has 3 heterocycles. The van der Waals surface area contributed by atoms with Crippen LogP contribution in [-0.2, 0) is 0 Å². The summed E-state index contributed by atoms with van der Waals surface area (Å²) < 4.78 is 0. The van der Waals surface area contributed by atoms with Crippen LogP contribution < -0.4 is 4.90 Å². The van der Waals surface area contributed by atoms with Crippen LogP contribution in [-0.4, -0.2) is 46.5 Å². The molecule has 5 nitrogen and oxygen atoms in total. The third-order valence-corrected chi connectivity index (χ3v) is 6.81. The van der Waals surface area contributed by atoms with Crippen molar-refractivity contribution in [2.45, 2.75) is 12.5 Å². The second-order valence-corrected chi connectivity index (χ2v) is 8.65. The van der Waals surface area contributed by atoms with Crippen molar-refractivity contribution in [2.24, 2.45) is 5.92 Å². The lowest BCUT2D eigenvalue weighted by Crippen LogP contribution is -2.65. The Morgan fingerprint density at radius 2 is 1.59 bits per heavy atom. The van der Waals surface area contributed by atoms with Crippen molar-refractivity contribution in [1.29, 1.82) is 0 Å². The molecule has 0 N–H and O–H groups in total. The van der Waals surface area contributed by atoms with Crippen LogP contribution in [0.4, 0.5) is 5.82 Å². The zero-order valence-corrected chi connectivity index (χ0v) is 17.8. The smallest absolute Gasteiger partial charge is 0.254 e. The highest BCUT2D eigenvalue weighted by atomic mass is 16.2. The number of aromatic nitrogens is 2. The minimum Gasteiger partial charge on any atom is -0.350 e. The third kappa shape index (κ3) is 3.21. The average molecular weight is 421 g/mol. The van der Waals surface area contributed by atoms with Crippen molar-refractivity contribution >= 4 is 22.8 Å². The summed E-state index contributed by atoms with van der Waals surface area (Å²) in [7, 11) is 0. The van der Waals surface area contributed by atoms with Gasteiger partial charge in [0.1, 0.15) is 5.82 Å². The van der Waals surface area contributed by atoms with E-state index in [2.05, 4.69) is 22.0 Å². The molecule has 0 aliphatic carbocycles. The molecule has 5 heteroatoms. The Balaban J connectivity index is 1.25. The van der Waals surface area contributed by atoms with E-state index in [1.807, 2.05) is 77.8 Å². The lowest BCUT2D eigenvalue weighted by molar-refractivity contribution is 0.0592. The molecule has 3 aromatic carbocycles. The number of para-hydroxylation sites is 2. The maximum absolute atomic E-state index is 13.6. The molecule has 0 bridgehead atoms. The molecule has 0 saturated carbocycles. The molecule has 1 amide bonds. The first-order valence-electron chi connectivity index (χ1n) is 11.2. The van der Waals surface area contributed by atoms with E-state index in [1.54, 1.807) is 0 Å². The van der Waals surface area contributed by atoms with E-state index < -0.39 is 0 Å². The zero-order chi connectivity index (χ0) is 21.5. The van der Waals surface area contributed by atoms with Gasteiger partial charge < -0.3 is 9.80 Å². The van der Waals surface area contributed by atoms with Gasteiger partial charge in [0.15, 0.2) is 0 Å². The highest BCUT2D eigenvalue weighted by Crippen LogP contribution is 2.36. The number of carbonyl (C=O) groups excluding carboxylic acids is 1. The SMILES string of the molecule is O=C(c1ccccc1-c1ccccc1)N1CC[C@@H]2CN(c3cnc4ccccc4n3)[C@@H]2C1. The number of piperidine rings is 1. The van der Waals surface area contributed by atoms with Crippen LogP contribution in [0.2, 0.25) is 0 Å². The van der Waals surface area contributed by atoms with Gasteiger partial charge in [-0.3, -0.25) is 9.78 Å². The normalized spacial score (nSPS) is 20.0. The van der Waals surface area contributed by atoms with E-state index >= 15 is 0 Å². The van der Waals surface area contributed by atoms with Gasteiger partial charge in [-0.15, -0.1) is 0 Å². The molecule has 2 atom stereocenters. The number of fused-ring (bicyclic) bond motifs is 2. The first-order valence-corrected chi connectivity index (χ1v) is 11.2. The number of benzene rings is 3. The second kappa shape index (κ2) is 7.75. The summed E-state index contributed by atoms with van der Waals surface area (Å²) >= 11 is 0. The molecule has 32 heavy (non-hydrogen) atoms. The van der Waals surface area contributed by atoms with Gasteiger partial charge in [0, 0.05) is 31.1 Å². The molecule has 2 fully saturated rings. The summed E-state index contributed by atoms with van der Waals surface area (Å²) in [5.41, 5.74) is 4.66. The molecule has 2 aliphatic heterocycles. The largest absolute Gasteiger partial charge is 0.350 e. The molecule has 6 rings (SSSR count). The summed E-state index contributed by atoms with van der Waals surface area (Å²) in [6.45, 7) is 2.52. The number of hydrogen-bond acceptors (Lipinski definition) is 4. The molecular weight excluding hydrogens is 396 g/mol. The van der Waals surface area contributed by atoms with Gasteiger partial charge in [0.2, 0.25) is 0 Å². The highest BCUT2D eigenvalue weighted by molar-refractivity contribution is 6.01.